The molecule has 1 heteroatoms. The normalized spacial score (nSPS) is 14.1. The molecule has 0 spiro atoms. The Kier molecular flexibility index (Phi) is 5.51. The molecule has 7 heavy (non-hydrogen) atoms. The third-order valence-electron chi connectivity index (χ3n) is 1.13. The molecule has 3 radical (unpaired) electrons. The second-order valence-electron chi connectivity index (χ2n) is 1.89. The molecule has 0 nitrogen and oxygen atoms in total. The van der Waals surface area contributed by atoms with E-state index < -0.39 is 0 Å². The van der Waals surface area contributed by atoms with Gasteiger partial charge in [0.15, 0.2) is 0 Å². The van der Waals surface area contributed by atoms with Crippen LogP contribution in [0.2, 0.25) is 3.93 Å². The topological polar surface area (TPSA) is 0 Å². The van der Waals surface area contributed by atoms with Gasteiger partial charge in [0.25, 0.3) is 0 Å². The summed E-state index contributed by atoms with van der Waals surface area (Å²) in [5.41, 5.74) is 0. The summed E-state index contributed by atoms with van der Waals surface area (Å²) in [6.45, 7) is 4.53. The van der Waals surface area contributed by atoms with Crippen molar-refractivity contribution in [3.05, 3.63) is 0 Å². The number of hydrogen-bond acceptors (Lipinski definition) is 0. The quantitative estimate of drug-likeness (QED) is 0.617. The third-order valence-corrected chi connectivity index (χ3v) is 3.12. The molecule has 0 heterocycles. The Morgan fingerprint density at radius 2 is 2.00 bits per heavy atom. The van der Waals surface area contributed by atoms with Crippen LogP contribution in [0.1, 0.15) is 33.1 Å². The van der Waals surface area contributed by atoms with E-state index in [0.717, 1.165) is 3.93 Å². The minimum atomic E-state index is 1.04. The Balaban J connectivity index is 2.83. The van der Waals surface area contributed by atoms with E-state index in [9.17, 15) is 0 Å². The Morgan fingerprint density at radius 3 is 2.14 bits per heavy atom. The maximum atomic E-state index is 2.27. The van der Waals surface area contributed by atoms with Gasteiger partial charge in [-0.25, -0.2) is 0 Å². The van der Waals surface area contributed by atoms with E-state index in [1.807, 2.05) is 0 Å². The second-order valence-corrected chi connectivity index (χ2v) is 4.22. The molecule has 1 unspecified atom stereocenters. The fourth-order valence-electron chi connectivity index (χ4n) is 0.553. The van der Waals surface area contributed by atoms with Crippen LogP contribution >= 0.6 is 0 Å². The summed E-state index contributed by atoms with van der Waals surface area (Å²) in [4.78, 5) is 0. The Labute approximate surface area is 59.8 Å². The van der Waals surface area contributed by atoms with Crippen molar-refractivity contribution in [2.45, 2.75) is 37.0 Å². The van der Waals surface area contributed by atoms with Crippen molar-refractivity contribution in [3.8, 4) is 0 Å². The van der Waals surface area contributed by atoms with Crippen molar-refractivity contribution >= 4 is 22.5 Å². The summed E-state index contributed by atoms with van der Waals surface area (Å²) in [5, 5.41) is 0. The van der Waals surface area contributed by atoms with Crippen molar-refractivity contribution in [1.82, 2.24) is 0 Å². The predicted molar refractivity (Wildman–Crippen MR) is 34.7 cm³/mol. The van der Waals surface area contributed by atoms with Crippen LogP contribution in [-0.2, 0) is 0 Å². The molecule has 1 atom stereocenters. The summed E-state index contributed by atoms with van der Waals surface area (Å²) in [6.07, 6.45) is 4.19. The van der Waals surface area contributed by atoms with Crippen molar-refractivity contribution < 1.29 is 0 Å². The zero-order valence-corrected chi connectivity index (χ0v) is 8.05. The first-order valence-corrected chi connectivity index (χ1v) is 4.67. The molecule has 0 fully saturated rings. The first-order valence-electron chi connectivity index (χ1n) is 3.02. The van der Waals surface area contributed by atoms with Crippen molar-refractivity contribution in [2.75, 3.05) is 0 Å². The average Bonchev–Trinajstić information content (AvgIpc) is 1.68. The molecule has 41 valence electrons. The molecule has 0 aliphatic heterocycles. The molecular weight excluding hydrogens is 191 g/mol. The van der Waals surface area contributed by atoms with Gasteiger partial charge in [0, 0.05) is 0 Å². The first-order chi connectivity index (χ1) is 3.31. The van der Waals surface area contributed by atoms with E-state index in [0.29, 0.717) is 0 Å². The summed E-state index contributed by atoms with van der Waals surface area (Å²) < 4.78 is 1.04. The molecule has 0 rings (SSSR count). The number of rotatable bonds is 3. The van der Waals surface area contributed by atoms with Gasteiger partial charge < -0.3 is 0 Å². The summed E-state index contributed by atoms with van der Waals surface area (Å²) in [6, 6.07) is 0. The second kappa shape index (κ2) is 4.95. The van der Waals surface area contributed by atoms with Crippen LogP contribution in [0.3, 0.4) is 0 Å². The monoisotopic (exact) mass is 205 g/mol. The van der Waals surface area contributed by atoms with Gasteiger partial charge in [-0.15, -0.1) is 0 Å². The molecular formula is C6H13Sn. The molecule has 0 aromatic carbocycles. The Morgan fingerprint density at radius 1 is 1.43 bits per heavy atom. The van der Waals surface area contributed by atoms with E-state index in [4.69, 9.17) is 0 Å². The predicted octanol–water partition coefficient (Wildman–Crippen LogP) is 2.15. The number of hydrogen-bond donors (Lipinski definition) is 0. The standard InChI is InChI=1S/C6H13.Sn/c1-3-5-6-4-2;/h5H,3-4,6H2,1-2H3;. The molecule has 0 amide bonds. The third kappa shape index (κ3) is 4.66. The van der Waals surface area contributed by atoms with E-state index in [1.165, 1.54) is 19.3 Å². The van der Waals surface area contributed by atoms with Gasteiger partial charge in [-0.05, 0) is 0 Å². The van der Waals surface area contributed by atoms with Crippen molar-refractivity contribution in [2.24, 2.45) is 0 Å². The molecule has 0 saturated carbocycles. The first kappa shape index (κ1) is 7.80. The van der Waals surface area contributed by atoms with Gasteiger partial charge in [0.1, 0.15) is 0 Å². The molecule has 0 aromatic heterocycles. The minimum absolute atomic E-state index is 1.04. The van der Waals surface area contributed by atoms with Crippen LogP contribution in [-0.4, -0.2) is 22.5 Å². The zero-order chi connectivity index (χ0) is 5.70. The van der Waals surface area contributed by atoms with Crippen LogP contribution in [0.15, 0.2) is 0 Å². The van der Waals surface area contributed by atoms with Gasteiger partial charge in [-0.2, -0.15) is 0 Å². The summed E-state index contributed by atoms with van der Waals surface area (Å²) in [7, 11) is 0. The van der Waals surface area contributed by atoms with Crippen LogP contribution in [0.4, 0.5) is 0 Å². The fraction of sp³-hybridized carbons (Fsp3) is 1.00. The Bertz CT molecular complexity index is 35.2. The Hall–Kier alpha value is 0.799. The maximum absolute atomic E-state index is 2.27. The van der Waals surface area contributed by atoms with E-state index in [1.54, 1.807) is 22.5 Å². The molecule has 0 saturated heterocycles. The fourth-order valence-corrected chi connectivity index (χ4v) is 1.38. The van der Waals surface area contributed by atoms with Crippen molar-refractivity contribution in [1.29, 1.82) is 0 Å². The van der Waals surface area contributed by atoms with Gasteiger partial charge >= 0.3 is 59.6 Å². The van der Waals surface area contributed by atoms with Crippen LogP contribution < -0.4 is 0 Å². The SMILES string of the molecule is CCC[CH]([Sn])CC. The van der Waals surface area contributed by atoms with E-state index in [2.05, 4.69) is 13.8 Å². The molecule has 0 aliphatic rings. The summed E-state index contributed by atoms with van der Waals surface area (Å²) in [5.74, 6) is 0. The van der Waals surface area contributed by atoms with Gasteiger partial charge in [-0.1, -0.05) is 0 Å². The molecule has 0 bridgehead atoms. The van der Waals surface area contributed by atoms with Gasteiger partial charge in [-0.3, -0.25) is 0 Å². The molecule has 0 aliphatic carbocycles. The average molecular weight is 204 g/mol. The van der Waals surface area contributed by atoms with Gasteiger partial charge in [0.05, 0.1) is 0 Å². The molecule has 0 N–H and O–H groups in total. The van der Waals surface area contributed by atoms with E-state index >= 15 is 0 Å². The zero-order valence-electron chi connectivity index (χ0n) is 5.20. The van der Waals surface area contributed by atoms with Gasteiger partial charge in [0.2, 0.25) is 0 Å². The molecule has 0 aromatic rings. The van der Waals surface area contributed by atoms with Crippen LogP contribution in [0, 0.1) is 0 Å². The van der Waals surface area contributed by atoms with E-state index in [-0.39, 0.29) is 0 Å². The van der Waals surface area contributed by atoms with Crippen LogP contribution in [0.25, 0.3) is 0 Å². The van der Waals surface area contributed by atoms with Crippen LogP contribution in [0.5, 0.6) is 0 Å². The van der Waals surface area contributed by atoms with Crippen molar-refractivity contribution in [3.63, 3.8) is 0 Å². The summed E-state index contributed by atoms with van der Waals surface area (Å²) >= 11 is 1.72.